The molecule has 8 N–H and O–H groups in total. The molecule has 0 aliphatic heterocycles. The molecule has 0 aliphatic rings. The molecule has 0 radical (unpaired) electrons. The fraction of sp³-hybridized carbons (Fsp3) is 0.464. The number of carbonyl (C=O) groups is 3. The van der Waals surface area contributed by atoms with E-state index in [0.29, 0.717) is 30.6 Å². The number of benzene rings is 2. The summed E-state index contributed by atoms with van der Waals surface area (Å²) in [7, 11) is -3.26. The van der Waals surface area contributed by atoms with Gasteiger partial charge >= 0.3 is 6.09 Å². The molecule has 0 aromatic heterocycles. The van der Waals surface area contributed by atoms with Crippen LogP contribution in [0.5, 0.6) is 5.75 Å². The Morgan fingerprint density at radius 3 is 2.19 bits per heavy atom. The number of hydrogen-bond donors (Lipinski definition) is 6. The van der Waals surface area contributed by atoms with E-state index in [0.717, 1.165) is 0 Å². The van der Waals surface area contributed by atoms with Crippen LogP contribution in [0.2, 0.25) is 0 Å². The van der Waals surface area contributed by atoms with Crippen LogP contribution in [0, 0.1) is 5.41 Å². The molecule has 42 heavy (non-hydrogen) atoms. The van der Waals surface area contributed by atoms with Crippen LogP contribution < -0.4 is 26.9 Å². The average Bonchev–Trinajstić information content (AvgIpc) is 2.93. The summed E-state index contributed by atoms with van der Waals surface area (Å²) in [5.74, 6) is -0.240. The number of hydrazine groups is 1. The summed E-state index contributed by atoms with van der Waals surface area (Å²) >= 11 is 0. The highest BCUT2D eigenvalue weighted by atomic mass is 32.2. The molecule has 0 bridgehead atoms. The molecule has 0 spiro atoms. The van der Waals surface area contributed by atoms with E-state index in [2.05, 4.69) is 10.7 Å². The highest BCUT2D eigenvalue weighted by Crippen LogP contribution is 2.41. The van der Waals surface area contributed by atoms with Gasteiger partial charge in [-0.25, -0.2) is 18.6 Å². The van der Waals surface area contributed by atoms with E-state index in [9.17, 15) is 33.0 Å². The van der Waals surface area contributed by atoms with Gasteiger partial charge in [0.25, 0.3) is 0 Å². The molecule has 2 rings (SSSR count). The van der Waals surface area contributed by atoms with Crippen molar-refractivity contribution in [1.82, 2.24) is 15.8 Å². The fourth-order valence-corrected chi connectivity index (χ4v) is 6.50. The van der Waals surface area contributed by atoms with Gasteiger partial charge < -0.3 is 26.4 Å². The number of hydrogen-bond acceptors (Lipinski definition) is 9. The average molecular weight is 608 g/mol. The molecule has 0 aliphatic carbocycles. The lowest BCUT2D eigenvalue weighted by molar-refractivity contribution is -0.123. The number of amides is 3. The number of sulfone groups is 1. The van der Waals surface area contributed by atoms with Gasteiger partial charge in [-0.2, -0.15) is 0 Å². The Morgan fingerprint density at radius 2 is 1.67 bits per heavy atom. The first-order valence-electron chi connectivity index (χ1n) is 13.3. The second kappa shape index (κ2) is 14.4. The summed E-state index contributed by atoms with van der Waals surface area (Å²) in [6, 6.07) is 13.8. The Balaban J connectivity index is 2.44. The Hall–Kier alpha value is -3.72. The minimum Gasteiger partial charge on any atom is -0.497 e. The molecule has 3 amide bonds. The van der Waals surface area contributed by atoms with Crippen LogP contribution in [0.25, 0.3) is 0 Å². The van der Waals surface area contributed by atoms with Crippen molar-refractivity contribution < 1.29 is 37.8 Å². The highest BCUT2D eigenvalue weighted by Gasteiger charge is 2.58. The minimum absolute atomic E-state index is 0.115. The lowest BCUT2D eigenvalue weighted by Gasteiger charge is -2.45. The van der Waals surface area contributed by atoms with Gasteiger partial charge in [0.2, 0.25) is 27.1 Å². The van der Waals surface area contributed by atoms with E-state index in [1.807, 2.05) is 13.8 Å². The number of carboxylic acid groups (broad SMARTS) is 1. The summed E-state index contributed by atoms with van der Waals surface area (Å²) in [6.07, 6.45) is -0.761. The number of carbonyl (C=O) groups excluding carboxylic acids is 2. The molecule has 0 heterocycles. The molecule has 2 aromatic carbocycles. The van der Waals surface area contributed by atoms with E-state index in [-0.39, 0.29) is 30.8 Å². The second-order valence-corrected chi connectivity index (χ2v) is 13.0. The third kappa shape index (κ3) is 8.89. The minimum atomic E-state index is -4.68. The van der Waals surface area contributed by atoms with Crippen molar-refractivity contribution >= 4 is 28.2 Å². The number of nitrogens with two attached hydrogens (primary N) is 2. The zero-order valence-electron chi connectivity index (χ0n) is 24.1. The van der Waals surface area contributed by atoms with Crippen LogP contribution in [0.3, 0.4) is 0 Å². The molecular weight excluding hydrogens is 566 g/mol. The topological polar surface area (TPSA) is 214 Å². The third-order valence-electron chi connectivity index (χ3n) is 7.14. The smallest absolute Gasteiger partial charge is 0.406 e. The summed E-state index contributed by atoms with van der Waals surface area (Å²) in [5.41, 5.74) is 11.9. The van der Waals surface area contributed by atoms with Crippen LogP contribution in [-0.4, -0.2) is 72.8 Å². The number of methoxy groups -OCH3 is 1. The maximum atomic E-state index is 14.2. The number of nitrogens with zero attached hydrogens (tertiary/aromatic N) is 1. The summed E-state index contributed by atoms with van der Waals surface area (Å²) in [5, 5.41) is 25.2. The number of rotatable bonds is 18. The summed E-state index contributed by atoms with van der Waals surface area (Å²) in [4.78, 5) is 31.2. The predicted molar refractivity (Wildman–Crippen MR) is 156 cm³/mol. The van der Waals surface area contributed by atoms with Gasteiger partial charge in [-0.15, -0.1) is 0 Å². The summed E-state index contributed by atoms with van der Waals surface area (Å²) < 4.78 is 33.4. The van der Waals surface area contributed by atoms with Crippen molar-refractivity contribution in [2.75, 3.05) is 20.2 Å². The number of primary amides is 1. The van der Waals surface area contributed by atoms with Crippen molar-refractivity contribution in [1.29, 1.82) is 0 Å². The van der Waals surface area contributed by atoms with Gasteiger partial charge in [-0.3, -0.25) is 19.9 Å². The fourth-order valence-electron chi connectivity index (χ4n) is 4.64. The number of nitrogens with one attached hydrogen (secondary N) is 2. The molecule has 0 saturated carbocycles. The zero-order valence-corrected chi connectivity index (χ0v) is 24.9. The van der Waals surface area contributed by atoms with E-state index in [4.69, 9.17) is 16.2 Å². The lowest BCUT2D eigenvalue weighted by Crippen LogP contribution is -2.74. The van der Waals surface area contributed by atoms with Gasteiger partial charge in [0.1, 0.15) is 11.4 Å². The van der Waals surface area contributed by atoms with Gasteiger partial charge in [-0.1, -0.05) is 44.2 Å². The van der Waals surface area contributed by atoms with Crippen LogP contribution in [0.15, 0.2) is 59.5 Å². The standard InChI is InChI=1S/C28H41N5O8S/c1-26(2,14-7-17-33(20-34)31-19-24(29)35)15-16-28(38,42(39,40)23-12-10-22(41-3)11-13-23)27(30,32-25(36)37)18-21-8-5-4-6-9-21/h4-6,8-13,20,31-32,38H,7,14-19,30H2,1-3H3,(H2,29,35)(H,36,37)/t27-,28+/m0/s1. The van der Waals surface area contributed by atoms with Gasteiger partial charge in [-0.05, 0) is 60.9 Å². The first-order valence-corrected chi connectivity index (χ1v) is 14.8. The Bertz CT molecular complexity index is 1310. The molecule has 232 valence electrons. The Morgan fingerprint density at radius 1 is 1.05 bits per heavy atom. The number of aliphatic hydroxyl groups is 1. The lowest BCUT2D eigenvalue weighted by atomic mass is 9.80. The first-order chi connectivity index (χ1) is 19.6. The number of ether oxygens (including phenoxy) is 1. The maximum absolute atomic E-state index is 14.2. The SMILES string of the molecule is COc1ccc(S(=O)(=O)[C@](O)(CCC(C)(C)CCCN(C=O)NCC(N)=O)[C@](N)(Cc2ccccc2)NC(=O)O)cc1. The molecule has 13 nitrogen and oxygen atoms in total. The van der Waals surface area contributed by atoms with E-state index < -0.39 is 44.3 Å². The van der Waals surface area contributed by atoms with Crippen LogP contribution in [-0.2, 0) is 25.8 Å². The molecular formula is C28H41N5O8S. The first kappa shape index (κ1) is 34.5. The molecule has 0 fully saturated rings. The molecule has 0 saturated heterocycles. The highest BCUT2D eigenvalue weighted by molar-refractivity contribution is 7.92. The normalized spacial score (nSPS) is 14.7. The van der Waals surface area contributed by atoms with Gasteiger partial charge in [0.15, 0.2) is 0 Å². The molecule has 0 unspecified atom stereocenters. The van der Waals surface area contributed by atoms with Crippen LogP contribution in [0.4, 0.5) is 4.79 Å². The van der Waals surface area contributed by atoms with Crippen molar-refractivity contribution in [3.8, 4) is 5.75 Å². The van der Waals surface area contributed by atoms with Crippen molar-refractivity contribution in [2.24, 2.45) is 16.9 Å². The van der Waals surface area contributed by atoms with Crippen LogP contribution >= 0.6 is 0 Å². The largest absolute Gasteiger partial charge is 0.497 e. The monoisotopic (exact) mass is 607 g/mol. The van der Waals surface area contributed by atoms with Gasteiger partial charge in [0.05, 0.1) is 18.6 Å². The van der Waals surface area contributed by atoms with Gasteiger partial charge in [0, 0.05) is 13.0 Å². The predicted octanol–water partition coefficient (Wildman–Crippen LogP) is 1.36. The molecule has 14 heteroatoms. The zero-order chi connectivity index (χ0) is 31.6. The van der Waals surface area contributed by atoms with E-state index in [1.165, 1.54) is 36.4 Å². The van der Waals surface area contributed by atoms with E-state index >= 15 is 0 Å². The Labute approximate surface area is 246 Å². The molecule has 2 aromatic rings. The second-order valence-electron chi connectivity index (χ2n) is 10.9. The summed E-state index contributed by atoms with van der Waals surface area (Å²) in [6.45, 7) is 3.74. The van der Waals surface area contributed by atoms with Crippen molar-refractivity contribution in [2.45, 2.75) is 61.4 Å². The van der Waals surface area contributed by atoms with Crippen LogP contribution in [0.1, 0.15) is 45.1 Å². The maximum Gasteiger partial charge on any atom is 0.406 e. The Kier molecular flexibility index (Phi) is 11.9. The van der Waals surface area contributed by atoms with Crippen molar-refractivity contribution in [3.05, 3.63) is 60.2 Å². The molecule has 2 atom stereocenters. The quantitative estimate of drug-likeness (QED) is 0.0813. The van der Waals surface area contributed by atoms with Crippen molar-refractivity contribution in [3.63, 3.8) is 0 Å². The third-order valence-corrected chi connectivity index (χ3v) is 9.49. The van der Waals surface area contributed by atoms with E-state index in [1.54, 1.807) is 30.3 Å².